The van der Waals surface area contributed by atoms with Gasteiger partial charge in [0.15, 0.2) is 0 Å². The maximum absolute atomic E-state index is 14.6. The molecule has 0 radical (unpaired) electrons. The average molecular weight is 407 g/mol. The van der Waals surface area contributed by atoms with Crippen molar-refractivity contribution < 1.29 is 9.13 Å². The predicted octanol–water partition coefficient (Wildman–Crippen LogP) is 4.74. The van der Waals surface area contributed by atoms with Crippen LogP contribution in [0.25, 0.3) is 0 Å². The van der Waals surface area contributed by atoms with E-state index in [-0.39, 0.29) is 30.0 Å². The quantitative estimate of drug-likeness (QED) is 0.692. The molecular formula is C20H24BrFN2O. The summed E-state index contributed by atoms with van der Waals surface area (Å²) in [6.45, 7) is 8.50. The molecule has 0 aliphatic carbocycles. The lowest BCUT2D eigenvalue weighted by Crippen LogP contribution is -2.46. The number of fused-ring (bicyclic) bond motifs is 3. The van der Waals surface area contributed by atoms with E-state index in [1.54, 1.807) is 6.08 Å². The molecule has 2 N–H and O–H groups in total. The van der Waals surface area contributed by atoms with Gasteiger partial charge in [-0.05, 0) is 37.6 Å². The third-order valence-corrected chi connectivity index (χ3v) is 5.46. The van der Waals surface area contributed by atoms with Crippen molar-refractivity contribution >= 4 is 21.6 Å². The fourth-order valence-corrected chi connectivity index (χ4v) is 4.37. The molecule has 25 heavy (non-hydrogen) atoms. The van der Waals surface area contributed by atoms with Gasteiger partial charge in [0.05, 0.1) is 23.9 Å². The zero-order valence-electron chi connectivity index (χ0n) is 14.4. The van der Waals surface area contributed by atoms with Crippen LogP contribution in [-0.4, -0.2) is 25.7 Å². The van der Waals surface area contributed by atoms with Crippen LogP contribution in [0.3, 0.4) is 0 Å². The minimum atomic E-state index is -0.269. The first-order valence-electron chi connectivity index (χ1n) is 8.59. The van der Waals surface area contributed by atoms with Gasteiger partial charge >= 0.3 is 0 Å². The van der Waals surface area contributed by atoms with Gasteiger partial charge in [-0.25, -0.2) is 4.39 Å². The largest absolute Gasteiger partial charge is 0.375 e. The second-order valence-electron chi connectivity index (χ2n) is 6.56. The highest BCUT2D eigenvalue weighted by atomic mass is 79.9. The molecular weight excluding hydrogens is 383 g/mol. The topological polar surface area (TPSA) is 33.3 Å². The summed E-state index contributed by atoms with van der Waals surface area (Å²) in [5, 5.41) is 6.58. The van der Waals surface area contributed by atoms with E-state index in [1.165, 1.54) is 6.07 Å². The fourth-order valence-electron chi connectivity index (χ4n) is 3.93. The molecule has 0 bridgehead atoms. The Kier molecular flexibility index (Phi) is 5.77. The van der Waals surface area contributed by atoms with Gasteiger partial charge in [0, 0.05) is 22.5 Å². The first-order chi connectivity index (χ1) is 12.1. The van der Waals surface area contributed by atoms with E-state index in [2.05, 4.69) is 39.7 Å². The molecule has 2 aliphatic rings. The van der Waals surface area contributed by atoms with Gasteiger partial charge in [-0.15, -0.1) is 0 Å². The molecule has 0 aromatic heterocycles. The number of halogens is 2. The van der Waals surface area contributed by atoms with Crippen molar-refractivity contribution in [3.63, 3.8) is 0 Å². The molecule has 5 heteroatoms. The Morgan fingerprint density at radius 3 is 2.92 bits per heavy atom. The van der Waals surface area contributed by atoms with Crippen LogP contribution < -0.4 is 10.6 Å². The number of hydrogen-bond donors (Lipinski definition) is 2. The lowest BCUT2D eigenvalue weighted by atomic mass is 9.76. The number of anilines is 1. The summed E-state index contributed by atoms with van der Waals surface area (Å²) in [4.78, 5) is 0. The molecule has 2 aliphatic heterocycles. The molecule has 1 fully saturated rings. The van der Waals surface area contributed by atoms with Crippen molar-refractivity contribution in [3.8, 4) is 0 Å². The van der Waals surface area contributed by atoms with Crippen LogP contribution in [0.1, 0.15) is 24.5 Å². The third kappa shape index (κ3) is 3.59. The summed E-state index contributed by atoms with van der Waals surface area (Å²) in [6.07, 6.45) is 7.47. The highest BCUT2D eigenvalue weighted by Crippen LogP contribution is 2.48. The molecule has 4 atom stereocenters. The second kappa shape index (κ2) is 7.85. The SMILES string of the molecule is C=C/C=C(\C=C)[C@@H]1Nc2c(F)cc(Br)cc2C2OC(CNC)CCC21. The predicted molar refractivity (Wildman–Crippen MR) is 104 cm³/mol. The van der Waals surface area contributed by atoms with E-state index < -0.39 is 0 Å². The zero-order valence-corrected chi connectivity index (χ0v) is 16.0. The minimum Gasteiger partial charge on any atom is -0.375 e. The van der Waals surface area contributed by atoms with Gasteiger partial charge in [0.25, 0.3) is 0 Å². The standard InChI is InChI=1S/C20H24BrFN2O/c1-4-6-12(5-2)18-15-8-7-14(11-23-3)25-20(15)16-9-13(21)10-17(22)19(16)24-18/h4-6,9-10,14-15,18,20,23-24H,1-2,7-8,11H2,3H3/b12-6+/t14?,15?,18-,20?/m0/s1. The molecule has 1 saturated heterocycles. The number of allylic oxidation sites excluding steroid dienone is 2. The van der Waals surface area contributed by atoms with Crippen LogP contribution >= 0.6 is 15.9 Å². The Bertz CT molecular complexity index is 703. The van der Waals surface area contributed by atoms with E-state index in [0.717, 1.165) is 35.0 Å². The van der Waals surface area contributed by atoms with Crippen LogP contribution in [0.2, 0.25) is 0 Å². The van der Waals surface area contributed by atoms with Gasteiger partial charge in [0.2, 0.25) is 0 Å². The van der Waals surface area contributed by atoms with Crippen LogP contribution in [0.15, 0.2) is 53.6 Å². The monoisotopic (exact) mass is 406 g/mol. The molecule has 3 rings (SSSR count). The smallest absolute Gasteiger partial charge is 0.147 e. The van der Waals surface area contributed by atoms with E-state index in [9.17, 15) is 4.39 Å². The number of nitrogens with one attached hydrogen (secondary N) is 2. The zero-order chi connectivity index (χ0) is 18.0. The third-order valence-electron chi connectivity index (χ3n) is 5.01. The van der Waals surface area contributed by atoms with E-state index in [0.29, 0.717) is 5.69 Å². The van der Waals surface area contributed by atoms with E-state index >= 15 is 0 Å². The van der Waals surface area contributed by atoms with Crippen LogP contribution in [0, 0.1) is 11.7 Å². The van der Waals surface area contributed by atoms with Crippen LogP contribution in [0.5, 0.6) is 0 Å². The summed E-state index contributed by atoms with van der Waals surface area (Å²) in [6, 6.07) is 3.41. The number of benzene rings is 1. The van der Waals surface area contributed by atoms with Gasteiger partial charge in [0.1, 0.15) is 5.82 Å². The highest BCUT2D eigenvalue weighted by Gasteiger charge is 2.43. The minimum absolute atomic E-state index is 0.0424. The van der Waals surface area contributed by atoms with Gasteiger partial charge in [-0.3, -0.25) is 0 Å². The first kappa shape index (κ1) is 18.4. The van der Waals surface area contributed by atoms with Crippen molar-refractivity contribution in [1.82, 2.24) is 5.32 Å². The molecule has 2 heterocycles. The Morgan fingerprint density at radius 1 is 1.44 bits per heavy atom. The number of hydrogen-bond acceptors (Lipinski definition) is 3. The number of rotatable bonds is 5. The summed E-state index contributed by atoms with van der Waals surface area (Å²) in [5.74, 6) is -0.0484. The Balaban J connectivity index is 2.05. The molecule has 0 amide bonds. The van der Waals surface area contributed by atoms with Gasteiger partial charge in [-0.2, -0.15) is 0 Å². The molecule has 134 valence electrons. The van der Waals surface area contributed by atoms with Crippen LogP contribution in [0.4, 0.5) is 10.1 Å². The first-order valence-corrected chi connectivity index (χ1v) is 9.39. The molecule has 1 aromatic rings. The highest BCUT2D eigenvalue weighted by molar-refractivity contribution is 9.10. The summed E-state index contributed by atoms with van der Waals surface area (Å²) in [7, 11) is 1.92. The van der Waals surface area contributed by atoms with E-state index in [1.807, 2.05) is 25.3 Å². The van der Waals surface area contributed by atoms with Crippen molar-refractivity contribution in [3.05, 3.63) is 64.9 Å². The Hall–Kier alpha value is -1.43. The summed E-state index contributed by atoms with van der Waals surface area (Å²) < 4.78 is 21.8. The van der Waals surface area contributed by atoms with Crippen molar-refractivity contribution in [2.45, 2.75) is 31.1 Å². The Labute approximate surface area is 157 Å². The second-order valence-corrected chi connectivity index (χ2v) is 7.47. The lowest BCUT2D eigenvalue weighted by Gasteiger charge is -2.46. The molecule has 0 spiro atoms. The van der Waals surface area contributed by atoms with Crippen molar-refractivity contribution in [2.24, 2.45) is 5.92 Å². The van der Waals surface area contributed by atoms with Gasteiger partial charge < -0.3 is 15.4 Å². The molecule has 0 saturated carbocycles. The molecule has 3 nitrogen and oxygen atoms in total. The molecule has 3 unspecified atom stereocenters. The maximum Gasteiger partial charge on any atom is 0.147 e. The summed E-state index contributed by atoms with van der Waals surface area (Å²) in [5.41, 5.74) is 2.42. The van der Waals surface area contributed by atoms with Gasteiger partial charge in [-0.1, -0.05) is 47.3 Å². The summed E-state index contributed by atoms with van der Waals surface area (Å²) >= 11 is 3.41. The van der Waals surface area contributed by atoms with Crippen molar-refractivity contribution in [1.29, 1.82) is 0 Å². The van der Waals surface area contributed by atoms with Crippen LogP contribution in [-0.2, 0) is 4.74 Å². The number of ether oxygens (including phenoxy) is 1. The average Bonchev–Trinajstić information content (AvgIpc) is 2.60. The van der Waals surface area contributed by atoms with E-state index in [4.69, 9.17) is 4.74 Å². The Morgan fingerprint density at radius 2 is 2.24 bits per heavy atom. The molecule has 1 aromatic carbocycles. The lowest BCUT2D eigenvalue weighted by molar-refractivity contribution is -0.0879. The maximum atomic E-state index is 14.6. The fraction of sp³-hybridized carbons (Fsp3) is 0.400. The number of likely N-dealkylation sites (N-methyl/N-ethyl adjacent to an activating group) is 1. The normalized spacial score (nSPS) is 28.5. The van der Waals surface area contributed by atoms with Crippen molar-refractivity contribution in [2.75, 3.05) is 18.9 Å².